The molecule has 15 heavy (non-hydrogen) atoms. The van der Waals surface area contributed by atoms with Gasteiger partial charge in [0.25, 0.3) is 0 Å². The lowest BCUT2D eigenvalue weighted by Gasteiger charge is -2.13. The molecule has 0 aliphatic rings. The first kappa shape index (κ1) is 11.9. The summed E-state index contributed by atoms with van der Waals surface area (Å²) in [6.45, 7) is 1.72. The van der Waals surface area contributed by atoms with Crippen LogP contribution in [0, 0.1) is 6.92 Å². The number of carboxylic acid groups (broad SMARTS) is 1. The molecule has 82 valence electrons. The van der Waals surface area contributed by atoms with Crippen LogP contribution in [0.1, 0.15) is 17.3 Å². The first-order valence-electron chi connectivity index (χ1n) is 4.16. The van der Waals surface area contributed by atoms with Gasteiger partial charge in [-0.15, -0.1) is 0 Å². The molecular formula is C9H11BrN2O3. The minimum Gasteiger partial charge on any atom is -0.495 e. The zero-order valence-electron chi connectivity index (χ0n) is 8.32. The van der Waals surface area contributed by atoms with E-state index in [1.165, 1.54) is 13.3 Å². The van der Waals surface area contributed by atoms with Crippen molar-refractivity contribution >= 4 is 21.9 Å². The molecule has 0 saturated heterocycles. The molecule has 6 heteroatoms. The molecule has 1 aromatic rings. The lowest BCUT2D eigenvalue weighted by Crippen LogP contribution is -2.23. The molecular weight excluding hydrogens is 264 g/mol. The van der Waals surface area contributed by atoms with Crippen molar-refractivity contribution in [3.63, 3.8) is 0 Å². The second kappa shape index (κ2) is 4.59. The molecule has 0 amide bonds. The van der Waals surface area contributed by atoms with E-state index in [0.717, 1.165) is 0 Å². The number of ether oxygens (including phenoxy) is 1. The van der Waals surface area contributed by atoms with Crippen LogP contribution in [0.2, 0.25) is 0 Å². The third kappa shape index (κ3) is 2.27. The van der Waals surface area contributed by atoms with Crippen LogP contribution in [0.15, 0.2) is 10.7 Å². The van der Waals surface area contributed by atoms with Crippen molar-refractivity contribution in [3.05, 3.63) is 21.9 Å². The van der Waals surface area contributed by atoms with E-state index < -0.39 is 12.0 Å². The fourth-order valence-corrected chi connectivity index (χ4v) is 1.82. The second-order valence-corrected chi connectivity index (χ2v) is 3.82. The average molecular weight is 275 g/mol. The van der Waals surface area contributed by atoms with E-state index in [0.29, 0.717) is 21.5 Å². The number of hydrogen-bond donors (Lipinski definition) is 2. The topological polar surface area (TPSA) is 85.4 Å². The van der Waals surface area contributed by atoms with Crippen molar-refractivity contribution in [3.8, 4) is 5.75 Å². The molecule has 1 heterocycles. The van der Waals surface area contributed by atoms with Crippen molar-refractivity contribution in [2.24, 2.45) is 5.73 Å². The molecule has 0 spiro atoms. The van der Waals surface area contributed by atoms with Crippen LogP contribution in [0.4, 0.5) is 0 Å². The Hall–Kier alpha value is -1.14. The van der Waals surface area contributed by atoms with Crippen LogP contribution < -0.4 is 10.5 Å². The van der Waals surface area contributed by atoms with Gasteiger partial charge in [-0.2, -0.15) is 0 Å². The van der Waals surface area contributed by atoms with Gasteiger partial charge in [0, 0.05) is 11.8 Å². The number of pyridine rings is 1. The molecule has 0 fully saturated rings. The normalized spacial score (nSPS) is 12.3. The number of hydrogen-bond acceptors (Lipinski definition) is 4. The number of nitrogens with two attached hydrogens (primary N) is 1. The summed E-state index contributed by atoms with van der Waals surface area (Å²) in [7, 11) is 1.50. The highest BCUT2D eigenvalue weighted by atomic mass is 79.9. The fraction of sp³-hybridized carbons (Fsp3) is 0.333. The minimum atomic E-state index is -1.13. The van der Waals surface area contributed by atoms with E-state index in [9.17, 15) is 4.79 Å². The van der Waals surface area contributed by atoms with Gasteiger partial charge in [-0.1, -0.05) is 0 Å². The molecule has 0 radical (unpaired) electrons. The lowest BCUT2D eigenvalue weighted by atomic mass is 10.1. The van der Waals surface area contributed by atoms with Crippen molar-refractivity contribution in [1.29, 1.82) is 0 Å². The van der Waals surface area contributed by atoms with Crippen LogP contribution >= 0.6 is 15.9 Å². The van der Waals surface area contributed by atoms with Crippen LogP contribution in [-0.4, -0.2) is 23.2 Å². The number of nitrogens with zero attached hydrogens (tertiary/aromatic N) is 1. The van der Waals surface area contributed by atoms with E-state index in [-0.39, 0.29) is 0 Å². The summed E-state index contributed by atoms with van der Waals surface area (Å²) in [5.74, 6) is -0.563. The summed E-state index contributed by atoms with van der Waals surface area (Å²) in [6.07, 6.45) is 1.48. The summed E-state index contributed by atoms with van der Waals surface area (Å²) in [5.41, 5.74) is 6.41. The van der Waals surface area contributed by atoms with E-state index >= 15 is 0 Å². The molecule has 0 aromatic carbocycles. The standard InChI is InChI=1S/C9H11BrN2O3/c1-4-7(6(11)9(13)14)12-3-5(10)8(4)15-2/h3,6H,11H2,1-2H3,(H,13,14). The van der Waals surface area contributed by atoms with E-state index in [2.05, 4.69) is 20.9 Å². The molecule has 0 bridgehead atoms. The monoisotopic (exact) mass is 274 g/mol. The highest BCUT2D eigenvalue weighted by Crippen LogP contribution is 2.31. The Bertz CT molecular complexity index is 395. The van der Waals surface area contributed by atoms with Crippen molar-refractivity contribution in [2.75, 3.05) is 7.11 Å². The molecule has 5 nitrogen and oxygen atoms in total. The molecule has 0 saturated carbocycles. The summed E-state index contributed by atoms with van der Waals surface area (Å²) in [5, 5.41) is 8.78. The maximum atomic E-state index is 10.7. The number of aliphatic carboxylic acids is 1. The number of halogens is 1. The van der Waals surface area contributed by atoms with Gasteiger partial charge in [0.05, 0.1) is 17.3 Å². The Morgan fingerprint density at radius 1 is 1.73 bits per heavy atom. The van der Waals surface area contributed by atoms with Crippen molar-refractivity contribution in [1.82, 2.24) is 4.98 Å². The molecule has 1 atom stereocenters. The highest BCUT2D eigenvalue weighted by Gasteiger charge is 2.21. The van der Waals surface area contributed by atoms with Crippen LogP contribution in [0.3, 0.4) is 0 Å². The fourth-order valence-electron chi connectivity index (χ4n) is 1.26. The van der Waals surface area contributed by atoms with E-state index in [4.69, 9.17) is 15.6 Å². The van der Waals surface area contributed by atoms with Crippen LogP contribution in [0.25, 0.3) is 0 Å². The van der Waals surface area contributed by atoms with Gasteiger partial charge in [-0.3, -0.25) is 9.78 Å². The predicted molar refractivity (Wildman–Crippen MR) is 57.8 cm³/mol. The summed E-state index contributed by atoms with van der Waals surface area (Å²) in [6, 6.07) is -1.13. The number of carboxylic acids is 1. The van der Waals surface area contributed by atoms with Gasteiger partial charge >= 0.3 is 5.97 Å². The quantitative estimate of drug-likeness (QED) is 0.867. The van der Waals surface area contributed by atoms with Crippen LogP contribution in [-0.2, 0) is 4.79 Å². The number of rotatable bonds is 3. The van der Waals surface area contributed by atoms with Gasteiger partial charge < -0.3 is 15.6 Å². The first-order valence-corrected chi connectivity index (χ1v) is 4.95. The van der Waals surface area contributed by atoms with E-state index in [1.807, 2.05) is 0 Å². The van der Waals surface area contributed by atoms with E-state index in [1.54, 1.807) is 6.92 Å². The molecule has 1 unspecified atom stereocenters. The van der Waals surface area contributed by atoms with Gasteiger partial charge in [0.2, 0.25) is 0 Å². The van der Waals surface area contributed by atoms with Crippen molar-refractivity contribution < 1.29 is 14.6 Å². The third-order valence-electron chi connectivity index (χ3n) is 2.02. The molecule has 0 aliphatic carbocycles. The lowest BCUT2D eigenvalue weighted by molar-refractivity contribution is -0.138. The molecule has 3 N–H and O–H groups in total. The van der Waals surface area contributed by atoms with Gasteiger partial charge in [-0.05, 0) is 22.9 Å². The van der Waals surface area contributed by atoms with Crippen molar-refractivity contribution in [2.45, 2.75) is 13.0 Å². The Morgan fingerprint density at radius 2 is 2.33 bits per heavy atom. The van der Waals surface area contributed by atoms with Gasteiger partial charge in [-0.25, -0.2) is 0 Å². The maximum Gasteiger partial charge on any atom is 0.326 e. The molecule has 1 aromatic heterocycles. The van der Waals surface area contributed by atoms with Gasteiger partial charge in [0.1, 0.15) is 11.8 Å². The summed E-state index contributed by atoms with van der Waals surface area (Å²) >= 11 is 3.25. The zero-order valence-corrected chi connectivity index (χ0v) is 9.91. The zero-order chi connectivity index (χ0) is 11.6. The summed E-state index contributed by atoms with van der Waals surface area (Å²) in [4.78, 5) is 14.7. The summed E-state index contributed by atoms with van der Waals surface area (Å²) < 4.78 is 5.78. The number of carbonyl (C=O) groups is 1. The maximum absolute atomic E-state index is 10.7. The highest BCUT2D eigenvalue weighted by molar-refractivity contribution is 9.10. The number of aromatic nitrogens is 1. The van der Waals surface area contributed by atoms with Crippen LogP contribution in [0.5, 0.6) is 5.75 Å². The molecule has 1 rings (SSSR count). The Kier molecular flexibility index (Phi) is 3.65. The Morgan fingerprint density at radius 3 is 2.80 bits per heavy atom. The third-order valence-corrected chi connectivity index (χ3v) is 2.59. The smallest absolute Gasteiger partial charge is 0.326 e. The Balaban J connectivity index is 3.27. The molecule has 0 aliphatic heterocycles. The predicted octanol–water partition coefficient (Wildman–Crippen LogP) is 1.25. The second-order valence-electron chi connectivity index (χ2n) is 2.97. The SMILES string of the molecule is COc1c(Br)cnc(C(N)C(=O)O)c1C. The first-order chi connectivity index (χ1) is 6.99. The number of methoxy groups -OCH3 is 1. The van der Waals surface area contributed by atoms with Gasteiger partial charge in [0.15, 0.2) is 0 Å². The Labute approximate surface area is 95.4 Å². The largest absolute Gasteiger partial charge is 0.495 e. The average Bonchev–Trinajstić information content (AvgIpc) is 2.17. The minimum absolute atomic E-state index is 0.308.